The Morgan fingerprint density at radius 3 is 2.70 bits per heavy atom. The number of fused-ring (bicyclic) bond motifs is 1. The van der Waals surface area contributed by atoms with Gasteiger partial charge in [0.05, 0.1) is 5.52 Å². The van der Waals surface area contributed by atoms with Crippen molar-refractivity contribution in [1.29, 1.82) is 0 Å². The van der Waals surface area contributed by atoms with Gasteiger partial charge in [-0.15, -0.1) is 0 Å². The van der Waals surface area contributed by atoms with E-state index < -0.39 is 0 Å². The Balaban J connectivity index is 2.46. The van der Waals surface area contributed by atoms with Gasteiger partial charge in [0.15, 0.2) is 5.58 Å². The second kappa shape index (κ2) is 6.27. The lowest BCUT2D eigenvalue weighted by Gasteiger charge is -2.22. The van der Waals surface area contributed by atoms with Crippen LogP contribution in [-0.4, -0.2) is 11.6 Å². The van der Waals surface area contributed by atoms with Crippen molar-refractivity contribution in [3.8, 4) is 0 Å². The molecule has 0 spiro atoms. The molecule has 110 valence electrons. The van der Waals surface area contributed by atoms with E-state index >= 15 is 0 Å². The number of nitrogens with zero attached hydrogens (tertiary/aromatic N) is 1. The zero-order valence-corrected chi connectivity index (χ0v) is 12.8. The van der Waals surface area contributed by atoms with E-state index in [9.17, 15) is 4.79 Å². The van der Waals surface area contributed by atoms with Gasteiger partial charge >= 0.3 is 5.76 Å². The van der Waals surface area contributed by atoms with Crippen LogP contribution in [0.1, 0.15) is 45.2 Å². The molecule has 1 heterocycles. The second-order valence-corrected chi connectivity index (χ2v) is 5.40. The molecule has 0 aliphatic carbocycles. The van der Waals surface area contributed by atoms with Crippen LogP contribution in [0.5, 0.6) is 0 Å². The fourth-order valence-electron chi connectivity index (χ4n) is 2.73. The molecule has 2 aromatic rings. The molecule has 0 aliphatic heterocycles. The highest BCUT2D eigenvalue weighted by Gasteiger charge is 2.18. The van der Waals surface area contributed by atoms with Crippen molar-refractivity contribution in [3.05, 3.63) is 34.3 Å². The molecule has 0 amide bonds. The summed E-state index contributed by atoms with van der Waals surface area (Å²) in [5, 5.41) is 3.35. The molecular formula is C16H24N2O2. The maximum absolute atomic E-state index is 11.8. The predicted molar refractivity (Wildman–Crippen MR) is 82.0 cm³/mol. The average Bonchev–Trinajstić information content (AvgIpc) is 2.75. The number of aromatic nitrogens is 1. The molecular weight excluding hydrogens is 252 g/mol. The van der Waals surface area contributed by atoms with Crippen LogP contribution in [0.15, 0.2) is 27.4 Å². The van der Waals surface area contributed by atoms with Crippen LogP contribution in [0, 0.1) is 5.92 Å². The van der Waals surface area contributed by atoms with Crippen LogP contribution in [-0.2, 0) is 6.54 Å². The molecule has 0 fully saturated rings. The summed E-state index contributed by atoms with van der Waals surface area (Å²) in [6.07, 6.45) is 2.02. The summed E-state index contributed by atoms with van der Waals surface area (Å²) in [4.78, 5) is 11.8. The lowest BCUT2D eigenvalue weighted by Crippen LogP contribution is -2.23. The lowest BCUT2D eigenvalue weighted by molar-refractivity contribution is 0.400. The van der Waals surface area contributed by atoms with E-state index in [0.29, 0.717) is 18.0 Å². The second-order valence-electron chi connectivity index (χ2n) is 5.40. The number of hydrogen-bond acceptors (Lipinski definition) is 3. The van der Waals surface area contributed by atoms with E-state index in [-0.39, 0.29) is 11.8 Å². The molecule has 1 aromatic carbocycles. The van der Waals surface area contributed by atoms with Gasteiger partial charge in [0.1, 0.15) is 0 Å². The monoisotopic (exact) mass is 276 g/mol. The summed E-state index contributed by atoms with van der Waals surface area (Å²) in [6, 6.07) is 6.37. The Labute approximate surface area is 119 Å². The number of aryl methyl sites for hydroxylation is 1. The van der Waals surface area contributed by atoms with E-state index in [1.54, 1.807) is 4.57 Å². The third-order valence-electron chi connectivity index (χ3n) is 4.02. The van der Waals surface area contributed by atoms with Crippen molar-refractivity contribution in [2.45, 2.75) is 46.2 Å². The van der Waals surface area contributed by atoms with Crippen molar-refractivity contribution in [2.24, 2.45) is 5.92 Å². The molecule has 0 aliphatic rings. The first-order chi connectivity index (χ1) is 9.62. The lowest BCUT2D eigenvalue weighted by atomic mass is 9.92. The maximum atomic E-state index is 11.8. The molecule has 1 N–H and O–H groups in total. The number of hydrogen-bond donors (Lipinski definition) is 1. The van der Waals surface area contributed by atoms with Crippen molar-refractivity contribution in [2.75, 3.05) is 7.05 Å². The highest BCUT2D eigenvalue weighted by atomic mass is 16.4. The zero-order chi connectivity index (χ0) is 14.7. The molecule has 0 radical (unpaired) electrons. The first-order valence-corrected chi connectivity index (χ1v) is 7.42. The van der Waals surface area contributed by atoms with E-state index in [1.165, 1.54) is 5.56 Å². The van der Waals surface area contributed by atoms with E-state index in [4.69, 9.17) is 4.42 Å². The molecule has 2 rings (SSSR count). The van der Waals surface area contributed by atoms with Gasteiger partial charge in [-0.05, 0) is 37.1 Å². The fraction of sp³-hybridized carbons (Fsp3) is 0.562. The fourth-order valence-corrected chi connectivity index (χ4v) is 2.73. The Kier molecular flexibility index (Phi) is 4.65. The molecule has 2 unspecified atom stereocenters. The standard InChI is InChI=1S/C16H24N2O2/c1-5-9-18-13-8-7-12(10-14(13)20-16(18)19)15(17-4)11(3)6-2/h7-8,10-11,15,17H,5-6,9H2,1-4H3. The Morgan fingerprint density at radius 2 is 2.10 bits per heavy atom. The van der Waals surface area contributed by atoms with E-state index in [1.807, 2.05) is 19.2 Å². The Bertz CT molecular complexity index is 627. The smallest absolute Gasteiger partial charge is 0.408 e. The summed E-state index contributed by atoms with van der Waals surface area (Å²) in [6.45, 7) is 7.17. The number of oxazole rings is 1. The van der Waals surface area contributed by atoms with Gasteiger partial charge < -0.3 is 9.73 Å². The minimum atomic E-state index is -0.261. The molecule has 0 saturated heterocycles. The molecule has 0 saturated carbocycles. The normalized spacial score (nSPS) is 14.6. The highest BCUT2D eigenvalue weighted by Crippen LogP contribution is 2.26. The quantitative estimate of drug-likeness (QED) is 0.880. The van der Waals surface area contributed by atoms with Crippen LogP contribution >= 0.6 is 0 Å². The summed E-state index contributed by atoms with van der Waals surface area (Å²) < 4.78 is 7.09. The largest absolute Gasteiger partial charge is 0.419 e. The topological polar surface area (TPSA) is 47.2 Å². The van der Waals surface area contributed by atoms with E-state index in [0.717, 1.165) is 18.4 Å². The Hall–Kier alpha value is -1.55. The summed E-state index contributed by atoms with van der Waals surface area (Å²) in [7, 11) is 1.97. The molecule has 4 heteroatoms. The predicted octanol–water partition coefficient (Wildman–Crippen LogP) is 3.31. The maximum Gasteiger partial charge on any atom is 0.419 e. The third-order valence-corrected chi connectivity index (χ3v) is 4.02. The minimum Gasteiger partial charge on any atom is -0.408 e. The molecule has 1 aromatic heterocycles. The van der Waals surface area contributed by atoms with Crippen molar-refractivity contribution in [1.82, 2.24) is 9.88 Å². The summed E-state index contributed by atoms with van der Waals surface area (Å²) >= 11 is 0. The number of rotatable bonds is 6. The van der Waals surface area contributed by atoms with Crippen molar-refractivity contribution >= 4 is 11.1 Å². The summed E-state index contributed by atoms with van der Waals surface area (Å²) in [5.41, 5.74) is 2.75. The summed E-state index contributed by atoms with van der Waals surface area (Å²) in [5.74, 6) is 0.269. The van der Waals surface area contributed by atoms with Gasteiger partial charge in [-0.2, -0.15) is 0 Å². The zero-order valence-electron chi connectivity index (χ0n) is 12.8. The van der Waals surface area contributed by atoms with Crippen LogP contribution in [0.2, 0.25) is 0 Å². The van der Waals surface area contributed by atoms with Crippen molar-refractivity contribution in [3.63, 3.8) is 0 Å². The van der Waals surface area contributed by atoms with Crippen molar-refractivity contribution < 1.29 is 4.42 Å². The minimum absolute atomic E-state index is 0.261. The molecule has 2 atom stereocenters. The highest BCUT2D eigenvalue weighted by molar-refractivity contribution is 5.74. The molecule has 0 bridgehead atoms. The van der Waals surface area contributed by atoms with Crippen LogP contribution in [0.4, 0.5) is 0 Å². The van der Waals surface area contributed by atoms with Gasteiger partial charge in [0.2, 0.25) is 0 Å². The van der Waals surface area contributed by atoms with Gasteiger partial charge in [0.25, 0.3) is 0 Å². The van der Waals surface area contributed by atoms with Gasteiger partial charge in [-0.1, -0.05) is 33.3 Å². The van der Waals surface area contributed by atoms with Crippen LogP contribution < -0.4 is 11.1 Å². The molecule has 4 nitrogen and oxygen atoms in total. The van der Waals surface area contributed by atoms with Gasteiger partial charge in [0, 0.05) is 12.6 Å². The van der Waals surface area contributed by atoms with Crippen LogP contribution in [0.3, 0.4) is 0 Å². The van der Waals surface area contributed by atoms with Gasteiger partial charge in [-0.25, -0.2) is 4.79 Å². The first kappa shape index (κ1) is 14.9. The molecule has 20 heavy (non-hydrogen) atoms. The van der Waals surface area contributed by atoms with Gasteiger partial charge in [-0.3, -0.25) is 4.57 Å². The average molecular weight is 276 g/mol. The Morgan fingerprint density at radius 1 is 1.35 bits per heavy atom. The number of nitrogens with one attached hydrogen (secondary N) is 1. The number of benzene rings is 1. The van der Waals surface area contributed by atoms with E-state index in [2.05, 4.69) is 32.2 Å². The third kappa shape index (κ3) is 2.66. The first-order valence-electron chi connectivity index (χ1n) is 7.42. The SMILES string of the molecule is CCCn1c(=O)oc2cc(C(NC)C(C)CC)ccc21. The van der Waals surface area contributed by atoms with Crippen LogP contribution in [0.25, 0.3) is 11.1 Å².